The second-order valence-corrected chi connectivity index (χ2v) is 7.46. The van der Waals surface area contributed by atoms with Gasteiger partial charge in [-0.2, -0.15) is 4.98 Å². The lowest BCUT2D eigenvalue weighted by Gasteiger charge is -2.24. The van der Waals surface area contributed by atoms with Crippen molar-refractivity contribution in [2.24, 2.45) is 0 Å². The molecule has 0 radical (unpaired) electrons. The summed E-state index contributed by atoms with van der Waals surface area (Å²) in [6.07, 6.45) is 9.33. The lowest BCUT2D eigenvalue weighted by Crippen LogP contribution is -2.36. The molecule has 2 aromatic heterocycles. The molecular weight excluding hydrogens is 372 g/mol. The fourth-order valence-electron chi connectivity index (χ4n) is 3.26. The SMILES string of the molecule is O=C(c1cncc(Br)c1)N1CCCC1CCc1noc(C2CC2)n1. The maximum Gasteiger partial charge on any atom is 0.255 e. The van der Waals surface area contributed by atoms with Gasteiger partial charge in [0.2, 0.25) is 5.89 Å². The predicted molar refractivity (Wildman–Crippen MR) is 90.6 cm³/mol. The van der Waals surface area contributed by atoms with E-state index in [2.05, 4.69) is 31.1 Å². The minimum Gasteiger partial charge on any atom is -0.339 e. The van der Waals surface area contributed by atoms with Crippen LogP contribution in [-0.4, -0.2) is 38.5 Å². The van der Waals surface area contributed by atoms with Crippen molar-refractivity contribution in [1.29, 1.82) is 0 Å². The molecule has 2 aliphatic rings. The van der Waals surface area contributed by atoms with E-state index in [9.17, 15) is 4.79 Å². The smallest absolute Gasteiger partial charge is 0.255 e. The van der Waals surface area contributed by atoms with Gasteiger partial charge in [-0.3, -0.25) is 9.78 Å². The number of likely N-dealkylation sites (tertiary alicyclic amines) is 1. The third kappa shape index (κ3) is 3.36. The molecule has 3 heterocycles. The van der Waals surface area contributed by atoms with Crippen molar-refractivity contribution in [3.63, 3.8) is 0 Å². The maximum absolute atomic E-state index is 12.7. The average Bonchev–Trinajstić information content (AvgIpc) is 3.15. The van der Waals surface area contributed by atoms with Gasteiger partial charge in [-0.15, -0.1) is 0 Å². The van der Waals surface area contributed by atoms with E-state index >= 15 is 0 Å². The molecule has 1 amide bonds. The summed E-state index contributed by atoms with van der Waals surface area (Å²) in [5, 5.41) is 4.07. The zero-order chi connectivity index (χ0) is 16.5. The molecule has 1 saturated carbocycles. The van der Waals surface area contributed by atoms with Crippen molar-refractivity contribution >= 4 is 21.8 Å². The largest absolute Gasteiger partial charge is 0.339 e. The number of pyridine rings is 1. The number of carbonyl (C=O) groups is 1. The van der Waals surface area contributed by atoms with Gasteiger partial charge in [0.1, 0.15) is 0 Å². The van der Waals surface area contributed by atoms with Crippen LogP contribution in [0.3, 0.4) is 0 Å². The summed E-state index contributed by atoms with van der Waals surface area (Å²) in [5.74, 6) is 2.09. The third-order valence-corrected chi connectivity index (χ3v) is 5.14. The standard InChI is InChI=1S/C17H19BrN4O2/c18-13-8-12(9-19-10-13)17(23)22-7-1-2-14(22)5-6-15-20-16(24-21-15)11-3-4-11/h8-11,14H,1-7H2. The molecule has 4 rings (SSSR count). The first-order valence-corrected chi connectivity index (χ1v) is 9.24. The number of carbonyl (C=O) groups excluding carboxylic acids is 1. The van der Waals surface area contributed by atoms with Crippen LogP contribution in [0.15, 0.2) is 27.5 Å². The zero-order valence-corrected chi connectivity index (χ0v) is 14.9. The fraction of sp³-hybridized carbons (Fsp3) is 0.529. The van der Waals surface area contributed by atoms with E-state index < -0.39 is 0 Å². The Morgan fingerprint density at radius 3 is 3.00 bits per heavy atom. The summed E-state index contributed by atoms with van der Waals surface area (Å²) < 4.78 is 6.13. The Kier molecular flexibility index (Phi) is 4.35. The number of rotatable bonds is 5. The summed E-state index contributed by atoms with van der Waals surface area (Å²) in [7, 11) is 0. The van der Waals surface area contributed by atoms with Gasteiger partial charge in [0.05, 0.1) is 5.56 Å². The highest BCUT2D eigenvalue weighted by atomic mass is 79.9. The minimum atomic E-state index is 0.0538. The molecule has 0 aromatic carbocycles. The number of hydrogen-bond acceptors (Lipinski definition) is 5. The van der Waals surface area contributed by atoms with Gasteiger partial charge in [-0.25, -0.2) is 0 Å². The van der Waals surface area contributed by atoms with Crippen molar-refractivity contribution in [3.8, 4) is 0 Å². The second-order valence-electron chi connectivity index (χ2n) is 6.55. The van der Waals surface area contributed by atoms with Crippen LogP contribution in [-0.2, 0) is 6.42 Å². The monoisotopic (exact) mass is 390 g/mol. The number of nitrogens with zero attached hydrogens (tertiary/aromatic N) is 4. The Morgan fingerprint density at radius 1 is 1.33 bits per heavy atom. The summed E-state index contributed by atoms with van der Waals surface area (Å²) in [6, 6.07) is 2.06. The van der Waals surface area contributed by atoms with Crippen LogP contribution in [0.4, 0.5) is 0 Å². The molecule has 0 N–H and O–H groups in total. The van der Waals surface area contributed by atoms with Crippen molar-refractivity contribution in [2.75, 3.05) is 6.54 Å². The quantitative estimate of drug-likeness (QED) is 0.782. The number of halogens is 1. The molecule has 126 valence electrons. The number of aromatic nitrogens is 3. The van der Waals surface area contributed by atoms with Gasteiger partial charge in [0, 0.05) is 41.8 Å². The molecule has 1 aliphatic carbocycles. The average molecular weight is 391 g/mol. The Hall–Kier alpha value is -1.76. The molecule has 2 aromatic rings. The highest BCUT2D eigenvalue weighted by Crippen LogP contribution is 2.38. The molecule has 0 spiro atoms. The van der Waals surface area contributed by atoms with Crippen LogP contribution >= 0.6 is 15.9 Å². The molecule has 7 heteroatoms. The Morgan fingerprint density at radius 2 is 2.21 bits per heavy atom. The van der Waals surface area contributed by atoms with E-state index in [4.69, 9.17) is 4.52 Å². The molecule has 24 heavy (non-hydrogen) atoms. The highest BCUT2D eigenvalue weighted by Gasteiger charge is 2.31. The summed E-state index contributed by atoms with van der Waals surface area (Å²) in [4.78, 5) is 23.3. The van der Waals surface area contributed by atoms with Crippen LogP contribution in [0.5, 0.6) is 0 Å². The van der Waals surface area contributed by atoms with Crippen molar-refractivity contribution < 1.29 is 9.32 Å². The second kappa shape index (κ2) is 6.63. The van der Waals surface area contributed by atoms with Gasteiger partial charge in [-0.05, 0) is 54.1 Å². The van der Waals surface area contributed by atoms with Gasteiger partial charge in [0.15, 0.2) is 5.82 Å². The first-order valence-electron chi connectivity index (χ1n) is 8.44. The Balaban J connectivity index is 1.39. The van der Waals surface area contributed by atoms with Crippen molar-refractivity contribution in [1.82, 2.24) is 20.0 Å². The van der Waals surface area contributed by atoms with Crippen LogP contribution in [0.25, 0.3) is 0 Å². The van der Waals surface area contributed by atoms with Crippen LogP contribution in [0.2, 0.25) is 0 Å². The van der Waals surface area contributed by atoms with E-state index in [0.717, 1.165) is 61.3 Å². The predicted octanol–water partition coefficient (Wildman–Crippen LogP) is 3.34. The van der Waals surface area contributed by atoms with Gasteiger partial charge in [-0.1, -0.05) is 5.16 Å². The Bertz CT molecular complexity index is 744. The molecule has 2 fully saturated rings. The van der Waals surface area contributed by atoms with Gasteiger partial charge < -0.3 is 9.42 Å². The van der Waals surface area contributed by atoms with Crippen molar-refractivity contribution in [2.45, 2.75) is 50.5 Å². The normalized spacial score (nSPS) is 20.5. The van der Waals surface area contributed by atoms with E-state index in [0.29, 0.717) is 11.5 Å². The van der Waals surface area contributed by atoms with Gasteiger partial charge in [0.25, 0.3) is 5.91 Å². The molecule has 1 aliphatic heterocycles. The molecule has 0 bridgehead atoms. The summed E-state index contributed by atoms with van der Waals surface area (Å²) in [5.41, 5.74) is 0.631. The zero-order valence-electron chi connectivity index (χ0n) is 13.3. The first-order chi connectivity index (χ1) is 11.7. The molecule has 1 unspecified atom stereocenters. The third-order valence-electron chi connectivity index (χ3n) is 4.70. The fourth-order valence-corrected chi connectivity index (χ4v) is 3.62. The minimum absolute atomic E-state index is 0.0538. The van der Waals surface area contributed by atoms with Crippen LogP contribution < -0.4 is 0 Å². The molecule has 1 saturated heterocycles. The Labute approximate surface area is 148 Å². The number of hydrogen-bond donors (Lipinski definition) is 0. The maximum atomic E-state index is 12.7. The van der Waals surface area contributed by atoms with Crippen LogP contribution in [0.1, 0.15) is 60.1 Å². The van der Waals surface area contributed by atoms with E-state index in [1.807, 2.05) is 11.0 Å². The molecule has 1 atom stereocenters. The van der Waals surface area contributed by atoms with Gasteiger partial charge >= 0.3 is 0 Å². The van der Waals surface area contributed by atoms with Crippen molar-refractivity contribution in [3.05, 3.63) is 40.2 Å². The topological polar surface area (TPSA) is 72.1 Å². The molecular formula is C17H19BrN4O2. The highest BCUT2D eigenvalue weighted by molar-refractivity contribution is 9.10. The van der Waals surface area contributed by atoms with E-state index in [1.54, 1.807) is 12.4 Å². The number of aryl methyl sites for hydroxylation is 1. The summed E-state index contributed by atoms with van der Waals surface area (Å²) >= 11 is 3.37. The summed E-state index contributed by atoms with van der Waals surface area (Å²) in [6.45, 7) is 0.801. The first kappa shape index (κ1) is 15.7. The lowest BCUT2D eigenvalue weighted by molar-refractivity contribution is 0.0729. The van der Waals surface area contributed by atoms with Crippen LogP contribution in [0, 0.1) is 0 Å². The molecule has 6 nitrogen and oxygen atoms in total. The van der Waals surface area contributed by atoms with E-state index in [-0.39, 0.29) is 11.9 Å². The van der Waals surface area contributed by atoms with E-state index in [1.165, 1.54) is 0 Å². The lowest BCUT2D eigenvalue weighted by atomic mass is 10.1. The number of amides is 1.